The third-order valence-electron chi connectivity index (χ3n) is 2.73. The molecule has 0 fully saturated rings. The Hall–Kier alpha value is -2.16. The van der Waals surface area contributed by atoms with Crippen molar-refractivity contribution in [2.24, 2.45) is 0 Å². The Kier molecular flexibility index (Phi) is 4.65. The van der Waals surface area contributed by atoms with Gasteiger partial charge in [-0.2, -0.15) is 13.2 Å². The predicted molar refractivity (Wildman–Crippen MR) is 70.4 cm³/mol. The Morgan fingerprint density at radius 2 is 1.95 bits per heavy atom. The van der Waals surface area contributed by atoms with Crippen LogP contribution in [0.3, 0.4) is 0 Å². The van der Waals surface area contributed by atoms with E-state index >= 15 is 0 Å². The van der Waals surface area contributed by atoms with Gasteiger partial charge in [0, 0.05) is 12.1 Å². The molecule has 0 aliphatic rings. The fourth-order valence-corrected chi connectivity index (χ4v) is 1.70. The Labute approximate surface area is 123 Å². The van der Waals surface area contributed by atoms with E-state index in [-0.39, 0.29) is 18.1 Å². The first-order chi connectivity index (χ1) is 10.3. The summed E-state index contributed by atoms with van der Waals surface area (Å²) in [6, 6.07) is 2.44. The number of anilines is 1. The highest BCUT2D eigenvalue weighted by atomic mass is 19.4. The summed E-state index contributed by atoms with van der Waals surface area (Å²) in [5.74, 6) is -0.573. The number of aromatic nitrogens is 2. The SMILES string of the molecule is CN(C)Cc1nnc(NCc2ccc(C(F)(F)F)cc2F)o1. The number of alkyl halides is 3. The quantitative estimate of drug-likeness (QED) is 0.859. The summed E-state index contributed by atoms with van der Waals surface area (Å²) in [7, 11) is 3.66. The second-order valence-electron chi connectivity index (χ2n) is 4.90. The van der Waals surface area contributed by atoms with Crippen LogP contribution < -0.4 is 5.32 Å². The summed E-state index contributed by atoms with van der Waals surface area (Å²) >= 11 is 0. The highest BCUT2D eigenvalue weighted by Crippen LogP contribution is 2.30. The monoisotopic (exact) mass is 318 g/mol. The van der Waals surface area contributed by atoms with Crippen molar-refractivity contribution in [2.75, 3.05) is 19.4 Å². The molecule has 0 aliphatic heterocycles. The molecule has 0 saturated heterocycles. The lowest BCUT2D eigenvalue weighted by molar-refractivity contribution is -0.137. The maximum absolute atomic E-state index is 13.6. The standard InChI is InChI=1S/C13H14F4N4O/c1-21(2)7-11-19-20-12(22-11)18-6-8-3-4-9(5-10(8)14)13(15,16)17/h3-5H,6-7H2,1-2H3,(H,18,20). The van der Waals surface area contributed by atoms with Gasteiger partial charge in [-0.3, -0.25) is 0 Å². The van der Waals surface area contributed by atoms with Crippen LogP contribution in [0.4, 0.5) is 23.6 Å². The van der Waals surface area contributed by atoms with Crippen LogP contribution in [0.25, 0.3) is 0 Å². The van der Waals surface area contributed by atoms with E-state index in [1.807, 2.05) is 19.0 Å². The van der Waals surface area contributed by atoms with E-state index in [4.69, 9.17) is 4.42 Å². The van der Waals surface area contributed by atoms with Crippen LogP contribution in [0, 0.1) is 5.82 Å². The van der Waals surface area contributed by atoms with Crippen molar-refractivity contribution < 1.29 is 22.0 Å². The Balaban J connectivity index is 2.01. The smallest absolute Gasteiger partial charge is 0.407 e. The molecule has 0 radical (unpaired) electrons. The highest BCUT2D eigenvalue weighted by Gasteiger charge is 2.31. The summed E-state index contributed by atoms with van der Waals surface area (Å²) in [4.78, 5) is 1.83. The van der Waals surface area contributed by atoms with Crippen molar-refractivity contribution in [3.8, 4) is 0 Å². The number of halogens is 4. The van der Waals surface area contributed by atoms with E-state index < -0.39 is 17.6 Å². The van der Waals surface area contributed by atoms with Gasteiger partial charge in [-0.1, -0.05) is 11.2 Å². The van der Waals surface area contributed by atoms with Gasteiger partial charge in [-0.15, -0.1) is 5.10 Å². The fraction of sp³-hybridized carbons (Fsp3) is 0.385. The van der Waals surface area contributed by atoms with Gasteiger partial charge in [0.2, 0.25) is 5.89 Å². The number of hydrogen-bond acceptors (Lipinski definition) is 5. The minimum absolute atomic E-state index is 0.0619. The molecule has 2 aromatic rings. The Morgan fingerprint density at radius 3 is 2.55 bits per heavy atom. The van der Waals surface area contributed by atoms with Gasteiger partial charge in [-0.05, 0) is 26.2 Å². The van der Waals surface area contributed by atoms with E-state index in [9.17, 15) is 17.6 Å². The van der Waals surface area contributed by atoms with Gasteiger partial charge < -0.3 is 14.6 Å². The van der Waals surface area contributed by atoms with Gasteiger partial charge in [0.15, 0.2) is 0 Å². The van der Waals surface area contributed by atoms with E-state index in [2.05, 4.69) is 15.5 Å². The lowest BCUT2D eigenvalue weighted by Crippen LogP contribution is -2.10. The largest absolute Gasteiger partial charge is 0.416 e. The van der Waals surface area contributed by atoms with Crippen molar-refractivity contribution in [2.45, 2.75) is 19.3 Å². The third kappa shape index (κ3) is 4.17. The lowest BCUT2D eigenvalue weighted by Gasteiger charge is -2.09. The van der Waals surface area contributed by atoms with E-state index in [0.29, 0.717) is 18.5 Å². The zero-order valence-corrected chi connectivity index (χ0v) is 11.9. The van der Waals surface area contributed by atoms with Crippen LogP contribution in [0.2, 0.25) is 0 Å². The van der Waals surface area contributed by atoms with E-state index in [1.165, 1.54) is 0 Å². The van der Waals surface area contributed by atoms with Gasteiger partial charge in [0.05, 0.1) is 12.1 Å². The number of rotatable bonds is 5. The maximum Gasteiger partial charge on any atom is 0.416 e. The van der Waals surface area contributed by atoms with Crippen molar-refractivity contribution in [1.82, 2.24) is 15.1 Å². The molecule has 5 nitrogen and oxygen atoms in total. The Bertz CT molecular complexity index is 639. The molecule has 1 aromatic carbocycles. The summed E-state index contributed by atoms with van der Waals surface area (Å²) in [5.41, 5.74) is -0.958. The average molecular weight is 318 g/mol. The molecular formula is C13H14F4N4O. The van der Waals surface area contributed by atoms with Crippen LogP contribution in [0.5, 0.6) is 0 Å². The van der Waals surface area contributed by atoms with Crippen molar-refractivity contribution in [3.05, 3.63) is 41.0 Å². The maximum atomic E-state index is 13.6. The average Bonchev–Trinajstić information content (AvgIpc) is 2.83. The molecule has 0 aliphatic carbocycles. The first kappa shape index (κ1) is 16.2. The second kappa shape index (κ2) is 6.30. The topological polar surface area (TPSA) is 54.2 Å². The van der Waals surface area contributed by atoms with Crippen LogP contribution in [0.1, 0.15) is 17.0 Å². The highest BCUT2D eigenvalue weighted by molar-refractivity contribution is 5.29. The van der Waals surface area contributed by atoms with E-state index in [1.54, 1.807) is 0 Å². The van der Waals surface area contributed by atoms with Gasteiger partial charge in [0.25, 0.3) is 0 Å². The first-order valence-electron chi connectivity index (χ1n) is 6.32. The molecule has 0 amide bonds. The van der Waals surface area contributed by atoms with Gasteiger partial charge in [0.1, 0.15) is 5.82 Å². The molecule has 1 heterocycles. The number of hydrogen-bond donors (Lipinski definition) is 1. The fourth-order valence-electron chi connectivity index (χ4n) is 1.70. The van der Waals surface area contributed by atoms with Crippen molar-refractivity contribution >= 4 is 6.01 Å². The summed E-state index contributed by atoms with van der Waals surface area (Å²) in [5, 5.41) is 10.2. The van der Waals surface area contributed by atoms with Crippen molar-refractivity contribution in [3.63, 3.8) is 0 Å². The molecule has 1 aromatic heterocycles. The van der Waals surface area contributed by atoms with Crippen LogP contribution >= 0.6 is 0 Å². The molecule has 0 saturated carbocycles. The van der Waals surface area contributed by atoms with Gasteiger partial charge in [-0.25, -0.2) is 4.39 Å². The van der Waals surface area contributed by atoms with E-state index in [0.717, 1.165) is 12.1 Å². The summed E-state index contributed by atoms with van der Waals surface area (Å²) in [6.45, 7) is 0.386. The van der Waals surface area contributed by atoms with Crippen LogP contribution in [0.15, 0.2) is 22.6 Å². The normalized spacial score (nSPS) is 12.0. The number of nitrogens with zero attached hydrogens (tertiary/aromatic N) is 3. The number of nitrogens with one attached hydrogen (secondary N) is 1. The summed E-state index contributed by atoms with van der Waals surface area (Å²) < 4.78 is 56.2. The minimum Gasteiger partial charge on any atom is -0.407 e. The minimum atomic E-state index is -4.57. The first-order valence-corrected chi connectivity index (χ1v) is 6.32. The van der Waals surface area contributed by atoms with Crippen LogP contribution in [-0.2, 0) is 19.3 Å². The molecule has 1 N–H and O–H groups in total. The molecule has 22 heavy (non-hydrogen) atoms. The zero-order valence-electron chi connectivity index (χ0n) is 11.9. The zero-order chi connectivity index (χ0) is 16.3. The molecule has 120 valence electrons. The van der Waals surface area contributed by atoms with Crippen LogP contribution in [-0.4, -0.2) is 29.2 Å². The molecule has 0 atom stereocenters. The van der Waals surface area contributed by atoms with Gasteiger partial charge >= 0.3 is 12.2 Å². The number of benzene rings is 1. The third-order valence-corrected chi connectivity index (χ3v) is 2.73. The molecule has 9 heteroatoms. The molecular weight excluding hydrogens is 304 g/mol. The molecule has 0 spiro atoms. The molecule has 0 bridgehead atoms. The summed E-state index contributed by atoms with van der Waals surface area (Å²) in [6.07, 6.45) is -4.57. The molecule has 0 unspecified atom stereocenters. The molecule has 2 rings (SSSR count). The predicted octanol–water partition coefficient (Wildman–Crippen LogP) is 2.90. The second-order valence-corrected chi connectivity index (χ2v) is 4.90. The lowest BCUT2D eigenvalue weighted by atomic mass is 10.1. The Morgan fingerprint density at radius 1 is 1.23 bits per heavy atom. The van der Waals surface area contributed by atoms with Crippen molar-refractivity contribution in [1.29, 1.82) is 0 Å².